The Morgan fingerprint density at radius 2 is 1.46 bits per heavy atom. The third-order valence-corrected chi connectivity index (χ3v) is 7.56. The van der Waals surface area contributed by atoms with Crippen LogP contribution in [0.2, 0.25) is 0 Å². The zero-order chi connectivity index (χ0) is 30.4. The molecule has 0 bridgehead atoms. The van der Waals surface area contributed by atoms with Gasteiger partial charge in [-0.15, -0.1) is 0 Å². The minimum absolute atomic E-state index is 0.0989. The summed E-state index contributed by atoms with van der Waals surface area (Å²) in [6, 6.07) is 4.05. The monoisotopic (exact) mass is 574 g/mol. The first-order valence-electron chi connectivity index (χ1n) is 14.9. The molecule has 0 aliphatic heterocycles. The van der Waals surface area contributed by atoms with Crippen LogP contribution in [0.4, 0.5) is 9.59 Å². The van der Waals surface area contributed by atoms with Crippen LogP contribution in [-0.2, 0) is 24.4 Å². The van der Waals surface area contributed by atoms with Crippen LogP contribution < -0.4 is 9.47 Å². The lowest BCUT2D eigenvalue weighted by Gasteiger charge is -2.34. The molecule has 0 saturated carbocycles. The standard InChI is InChI=1S/C33H50O8/c1-9-12-13-14-17-33(7,8)25-19-28(38-21-40-31(34)36-10-2)30(27-18-24(6)15-16-26(27)23(4)5)29(20-25)39-22-41-32(35)37-11-3/h18-20,26-27H,4,9-17,21-22H2,1-3,5-8H3. The van der Waals surface area contributed by atoms with Crippen molar-refractivity contribution in [2.24, 2.45) is 5.92 Å². The molecule has 0 N–H and O–H groups in total. The molecule has 0 heterocycles. The van der Waals surface area contributed by atoms with Crippen molar-refractivity contribution in [3.05, 3.63) is 47.1 Å². The van der Waals surface area contributed by atoms with Crippen molar-refractivity contribution >= 4 is 12.3 Å². The molecule has 2 atom stereocenters. The van der Waals surface area contributed by atoms with Crippen LogP contribution in [0.15, 0.2) is 35.9 Å². The Morgan fingerprint density at radius 1 is 0.902 bits per heavy atom. The first-order valence-corrected chi connectivity index (χ1v) is 14.9. The molecule has 0 aromatic heterocycles. The second kappa shape index (κ2) is 16.9. The zero-order valence-corrected chi connectivity index (χ0v) is 26.1. The smallest absolute Gasteiger partial charge is 0.457 e. The van der Waals surface area contributed by atoms with E-state index in [4.69, 9.17) is 28.4 Å². The molecule has 41 heavy (non-hydrogen) atoms. The fraction of sp³-hybridized carbons (Fsp3) is 0.636. The number of hydrogen-bond acceptors (Lipinski definition) is 8. The number of hydrogen-bond donors (Lipinski definition) is 0. The minimum atomic E-state index is -0.797. The van der Waals surface area contributed by atoms with Crippen LogP contribution in [0.1, 0.15) is 110 Å². The van der Waals surface area contributed by atoms with Crippen molar-refractivity contribution in [2.75, 3.05) is 26.8 Å². The number of allylic oxidation sites excluding steroid dienone is 3. The van der Waals surface area contributed by atoms with E-state index in [0.29, 0.717) is 11.5 Å². The third-order valence-electron chi connectivity index (χ3n) is 7.56. The summed E-state index contributed by atoms with van der Waals surface area (Å²) in [5.74, 6) is 1.13. The van der Waals surface area contributed by atoms with E-state index in [2.05, 4.69) is 40.3 Å². The second-order valence-electron chi connectivity index (χ2n) is 11.3. The number of benzene rings is 1. The lowest BCUT2D eigenvalue weighted by atomic mass is 9.72. The molecule has 1 aromatic rings. The molecule has 0 radical (unpaired) electrons. The normalized spacial score (nSPS) is 16.8. The molecule has 1 aliphatic carbocycles. The Hall–Kier alpha value is -3.16. The topological polar surface area (TPSA) is 89.5 Å². The van der Waals surface area contributed by atoms with Crippen LogP contribution in [-0.4, -0.2) is 39.1 Å². The van der Waals surface area contributed by atoms with E-state index < -0.39 is 12.3 Å². The maximum Gasteiger partial charge on any atom is 0.511 e. The van der Waals surface area contributed by atoms with E-state index in [1.807, 2.05) is 19.1 Å². The van der Waals surface area contributed by atoms with Crippen LogP contribution in [0, 0.1) is 5.92 Å². The average Bonchev–Trinajstić information content (AvgIpc) is 2.91. The molecular weight excluding hydrogens is 524 g/mol. The maximum absolute atomic E-state index is 11.9. The summed E-state index contributed by atoms with van der Waals surface area (Å²) >= 11 is 0. The van der Waals surface area contributed by atoms with Crippen molar-refractivity contribution in [3.8, 4) is 11.5 Å². The Bertz CT molecular complexity index is 997. The van der Waals surface area contributed by atoms with E-state index in [-0.39, 0.29) is 44.1 Å². The van der Waals surface area contributed by atoms with Gasteiger partial charge < -0.3 is 28.4 Å². The van der Waals surface area contributed by atoms with E-state index in [9.17, 15) is 9.59 Å². The van der Waals surface area contributed by atoms with Crippen molar-refractivity contribution in [1.29, 1.82) is 0 Å². The van der Waals surface area contributed by atoms with Crippen LogP contribution in [0.25, 0.3) is 0 Å². The molecule has 2 rings (SSSR count). The lowest BCUT2D eigenvalue weighted by molar-refractivity contribution is 0.00423. The lowest BCUT2D eigenvalue weighted by Crippen LogP contribution is -2.22. The number of carbonyl (C=O) groups excluding carboxylic acids is 2. The first-order chi connectivity index (χ1) is 19.5. The van der Waals surface area contributed by atoms with Crippen LogP contribution in [0.3, 0.4) is 0 Å². The summed E-state index contributed by atoms with van der Waals surface area (Å²) in [7, 11) is 0. The fourth-order valence-corrected chi connectivity index (χ4v) is 5.20. The van der Waals surface area contributed by atoms with Gasteiger partial charge >= 0.3 is 12.3 Å². The number of rotatable bonds is 16. The van der Waals surface area contributed by atoms with Gasteiger partial charge in [0.05, 0.1) is 13.2 Å². The SMILES string of the molecule is C=C(C)C1CCC(C)=CC1c1c(OCOC(=O)OCC)cc(C(C)(C)CCCCCC)cc1OCOC(=O)OCC. The van der Waals surface area contributed by atoms with Crippen molar-refractivity contribution < 1.29 is 38.0 Å². The Kier molecular flexibility index (Phi) is 14.1. The Morgan fingerprint density at radius 3 is 1.95 bits per heavy atom. The summed E-state index contributed by atoms with van der Waals surface area (Å²) in [4.78, 5) is 23.8. The van der Waals surface area contributed by atoms with Gasteiger partial charge in [-0.2, -0.15) is 0 Å². The number of ether oxygens (including phenoxy) is 6. The predicted octanol–water partition coefficient (Wildman–Crippen LogP) is 8.97. The van der Waals surface area contributed by atoms with Crippen molar-refractivity contribution in [2.45, 2.75) is 105 Å². The zero-order valence-electron chi connectivity index (χ0n) is 26.1. The molecule has 0 amide bonds. The Labute approximate surface area is 246 Å². The fourth-order valence-electron chi connectivity index (χ4n) is 5.20. The van der Waals surface area contributed by atoms with Gasteiger partial charge in [-0.05, 0) is 76.0 Å². The molecule has 0 saturated heterocycles. The van der Waals surface area contributed by atoms with Gasteiger partial charge in [-0.25, -0.2) is 9.59 Å². The van der Waals surface area contributed by atoms with Gasteiger partial charge in [0.1, 0.15) is 11.5 Å². The average molecular weight is 575 g/mol. The highest BCUT2D eigenvalue weighted by Crippen LogP contribution is 2.48. The Balaban J connectivity index is 2.60. The van der Waals surface area contributed by atoms with Gasteiger partial charge in [0.15, 0.2) is 0 Å². The largest absolute Gasteiger partial charge is 0.511 e. The molecule has 0 spiro atoms. The highest BCUT2D eigenvalue weighted by Gasteiger charge is 2.33. The molecule has 230 valence electrons. The predicted molar refractivity (Wildman–Crippen MR) is 159 cm³/mol. The second-order valence-corrected chi connectivity index (χ2v) is 11.3. The molecule has 8 heteroatoms. The summed E-state index contributed by atoms with van der Waals surface area (Å²) < 4.78 is 32.5. The number of unbranched alkanes of at least 4 members (excludes halogenated alkanes) is 3. The van der Waals surface area contributed by atoms with Gasteiger partial charge in [-0.3, -0.25) is 0 Å². The summed E-state index contributed by atoms with van der Waals surface area (Å²) in [6.45, 7) is 18.2. The highest BCUT2D eigenvalue weighted by atomic mass is 16.8. The van der Waals surface area contributed by atoms with E-state index >= 15 is 0 Å². The third kappa shape index (κ3) is 10.6. The van der Waals surface area contributed by atoms with Crippen molar-refractivity contribution in [3.63, 3.8) is 0 Å². The van der Waals surface area contributed by atoms with Crippen LogP contribution in [0.5, 0.6) is 11.5 Å². The van der Waals surface area contributed by atoms with Crippen LogP contribution >= 0.6 is 0 Å². The van der Waals surface area contributed by atoms with E-state index in [1.54, 1.807) is 13.8 Å². The van der Waals surface area contributed by atoms with E-state index in [1.165, 1.54) is 18.4 Å². The minimum Gasteiger partial charge on any atom is -0.457 e. The first kappa shape index (κ1) is 34.0. The molecule has 2 unspecified atom stereocenters. The quantitative estimate of drug-likeness (QED) is 0.0836. The summed E-state index contributed by atoms with van der Waals surface area (Å²) in [5, 5.41) is 0. The molecular formula is C33H50O8. The van der Waals surface area contributed by atoms with Gasteiger partial charge in [0.2, 0.25) is 13.6 Å². The van der Waals surface area contributed by atoms with Crippen molar-refractivity contribution in [1.82, 2.24) is 0 Å². The van der Waals surface area contributed by atoms with E-state index in [0.717, 1.165) is 48.8 Å². The summed E-state index contributed by atoms with van der Waals surface area (Å²) in [6.07, 6.45) is 8.14. The molecule has 1 aliphatic rings. The maximum atomic E-state index is 11.9. The highest BCUT2D eigenvalue weighted by molar-refractivity contribution is 5.60. The molecule has 0 fully saturated rings. The van der Waals surface area contributed by atoms with Gasteiger partial charge in [0.25, 0.3) is 0 Å². The van der Waals surface area contributed by atoms with Gasteiger partial charge in [-0.1, -0.05) is 70.3 Å². The van der Waals surface area contributed by atoms with Gasteiger partial charge in [0, 0.05) is 11.5 Å². The number of carbonyl (C=O) groups is 2. The molecule has 8 nitrogen and oxygen atoms in total. The molecule has 1 aromatic carbocycles. The summed E-state index contributed by atoms with van der Waals surface area (Å²) in [5.41, 5.74) is 3.93.